The number of amides is 2. The fourth-order valence-corrected chi connectivity index (χ4v) is 3.27. The number of carbonyl (C=O) groups excluding carboxylic acids is 2. The number of thiophene rings is 1. The molecule has 4 nitrogen and oxygen atoms in total. The van der Waals surface area contributed by atoms with Crippen molar-refractivity contribution in [2.75, 3.05) is 6.54 Å². The molecule has 2 rings (SSSR count). The summed E-state index contributed by atoms with van der Waals surface area (Å²) in [6, 6.07) is 7.72. The van der Waals surface area contributed by atoms with E-state index >= 15 is 0 Å². The van der Waals surface area contributed by atoms with Crippen LogP contribution in [0, 0.1) is 25.6 Å². The van der Waals surface area contributed by atoms with Gasteiger partial charge in [-0.3, -0.25) is 9.59 Å². The van der Waals surface area contributed by atoms with Gasteiger partial charge < -0.3 is 11.1 Å². The summed E-state index contributed by atoms with van der Waals surface area (Å²) in [4.78, 5) is 25.8. The maximum Gasteiger partial charge on any atom is 0.252 e. The third-order valence-electron chi connectivity index (χ3n) is 3.59. The SMILES string of the molecule is Cc1cc(C(=O)NCC(Cc2ccc(F)cc2)C(N)=O)c(C)s1. The number of hydrogen-bond acceptors (Lipinski definition) is 3. The highest BCUT2D eigenvalue weighted by atomic mass is 32.1. The molecule has 1 aromatic carbocycles. The summed E-state index contributed by atoms with van der Waals surface area (Å²) < 4.78 is 12.9. The van der Waals surface area contributed by atoms with Crippen molar-refractivity contribution in [2.24, 2.45) is 11.7 Å². The number of aryl methyl sites for hydroxylation is 2. The lowest BCUT2D eigenvalue weighted by molar-refractivity contribution is -0.121. The summed E-state index contributed by atoms with van der Waals surface area (Å²) in [7, 11) is 0. The average Bonchev–Trinajstić information content (AvgIpc) is 2.83. The van der Waals surface area contributed by atoms with E-state index in [1.807, 2.05) is 19.9 Å². The molecule has 0 bridgehead atoms. The molecule has 6 heteroatoms. The molecule has 0 fully saturated rings. The van der Waals surface area contributed by atoms with Crippen LogP contribution in [-0.4, -0.2) is 18.4 Å². The summed E-state index contributed by atoms with van der Waals surface area (Å²) in [5, 5.41) is 2.76. The highest BCUT2D eigenvalue weighted by Gasteiger charge is 2.19. The van der Waals surface area contributed by atoms with Crippen LogP contribution in [0.4, 0.5) is 4.39 Å². The first-order valence-electron chi connectivity index (χ1n) is 7.26. The van der Waals surface area contributed by atoms with Crippen LogP contribution in [-0.2, 0) is 11.2 Å². The Morgan fingerprint density at radius 3 is 2.43 bits per heavy atom. The first-order valence-corrected chi connectivity index (χ1v) is 8.07. The number of rotatable bonds is 6. The number of nitrogens with two attached hydrogens (primary N) is 1. The molecule has 0 radical (unpaired) electrons. The molecule has 0 aliphatic rings. The molecule has 122 valence electrons. The van der Waals surface area contributed by atoms with Gasteiger partial charge in [0.1, 0.15) is 5.82 Å². The van der Waals surface area contributed by atoms with Crippen molar-refractivity contribution in [2.45, 2.75) is 20.3 Å². The Morgan fingerprint density at radius 1 is 1.26 bits per heavy atom. The van der Waals surface area contributed by atoms with E-state index in [-0.39, 0.29) is 18.3 Å². The fourth-order valence-electron chi connectivity index (χ4n) is 2.35. The van der Waals surface area contributed by atoms with Crippen molar-refractivity contribution in [3.8, 4) is 0 Å². The number of halogens is 1. The van der Waals surface area contributed by atoms with Gasteiger partial charge in [0.15, 0.2) is 0 Å². The summed E-state index contributed by atoms with van der Waals surface area (Å²) in [5.41, 5.74) is 6.83. The van der Waals surface area contributed by atoms with Crippen LogP contribution in [0.25, 0.3) is 0 Å². The number of nitrogens with one attached hydrogen (secondary N) is 1. The molecule has 3 N–H and O–H groups in total. The quantitative estimate of drug-likeness (QED) is 0.852. The van der Waals surface area contributed by atoms with Crippen molar-refractivity contribution < 1.29 is 14.0 Å². The minimum Gasteiger partial charge on any atom is -0.369 e. The monoisotopic (exact) mass is 334 g/mol. The molecule has 1 unspecified atom stereocenters. The molecule has 1 atom stereocenters. The van der Waals surface area contributed by atoms with Gasteiger partial charge in [-0.1, -0.05) is 12.1 Å². The Morgan fingerprint density at radius 2 is 1.91 bits per heavy atom. The highest BCUT2D eigenvalue weighted by Crippen LogP contribution is 2.20. The highest BCUT2D eigenvalue weighted by molar-refractivity contribution is 7.12. The molecule has 1 aromatic heterocycles. The molecule has 0 spiro atoms. The summed E-state index contributed by atoms with van der Waals surface area (Å²) >= 11 is 1.55. The second-order valence-corrected chi connectivity index (χ2v) is 6.93. The van der Waals surface area contributed by atoms with Crippen LogP contribution in [0.15, 0.2) is 30.3 Å². The summed E-state index contributed by atoms with van der Waals surface area (Å²) in [6.07, 6.45) is 0.359. The molecule has 0 saturated heterocycles. The Balaban J connectivity index is 1.99. The van der Waals surface area contributed by atoms with Crippen molar-refractivity contribution >= 4 is 23.2 Å². The molecule has 1 heterocycles. The van der Waals surface area contributed by atoms with Crippen LogP contribution in [0.2, 0.25) is 0 Å². The van der Waals surface area contributed by atoms with Gasteiger partial charge in [-0.2, -0.15) is 0 Å². The van der Waals surface area contributed by atoms with E-state index in [9.17, 15) is 14.0 Å². The summed E-state index contributed by atoms with van der Waals surface area (Å²) in [6.45, 7) is 3.98. The van der Waals surface area contributed by atoms with Gasteiger partial charge in [0, 0.05) is 16.3 Å². The van der Waals surface area contributed by atoms with Crippen LogP contribution in [0.3, 0.4) is 0 Å². The van der Waals surface area contributed by atoms with Gasteiger partial charge in [-0.25, -0.2) is 4.39 Å². The third kappa shape index (κ3) is 4.63. The van der Waals surface area contributed by atoms with Gasteiger partial charge in [0.05, 0.1) is 11.5 Å². The van der Waals surface area contributed by atoms with Gasteiger partial charge in [-0.15, -0.1) is 11.3 Å². The van der Waals surface area contributed by atoms with Crippen LogP contribution < -0.4 is 11.1 Å². The normalized spacial score (nSPS) is 12.0. The second-order valence-electron chi connectivity index (χ2n) is 5.47. The minimum absolute atomic E-state index is 0.153. The molecule has 0 aliphatic carbocycles. The summed E-state index contributed by atoms with van der Waals surface area (Å²) in [5.74, 6) is -1.57. The van der Waals surface area contributed by atoms with E-state index in [4.69, 9.17) is 5.73 Å². The maximum atomic E-state index is 12.9. The lowest BCUT2D eigenvalue weighted by atomic mass is 9.98. The smallest absolute Gasteiger partial charge is 0.252 e. The standard InChI is InChI=1S/C17H19FN2O2S/c1-10-7-15(11(2)23-10)17(22)20-9-13(16(19)21)8-12-3-5-14(18)6-4-12/h3-7,13H,8-9H2,1-2H3,(H2,19,21)(H,20,22). The number of primary amides is 1. The van der Waals surface area contributed by atoms with E-state index in [2.05, 4.69) is 5.32 Å². The maximum absolute atomic E-state index is 12.9. The molecule has 0 aliphatic heterocycles. The largest absolute Gasteiger partial charge is 0.369 e. The first kappa shape index (κ1) is 17.1. The minimum atomic E-state index is -0.538. The van der Waals surface area contributed by atoms with E-state index in [0.29, 0.717) is 12.0 Å². The zero-order valence-corrected chi connectivity index (χ0v) is 13.9. The zero-order valence-electron chi connectivity index (χ0n) is 13.1. The second kappa shape index (κ2) is 7.37. The third-order valence-corrected chi connectivity index (χ3v) is 4.56. The van der Waals surface area contributed by atoms with Crippen LogP contribution in [0.1, 0.15) is 25.7 Å². The van der Waals surface area contributed by atoms with Gasteiger partial charge in [0.2, 0.25) is 5.91 Å². The fraction of sp³-hybridized carbons (Fsp3) is 0.294. The zero-order chi connectivity index (χ0) is 17.0. The van der Waals surface area contributed by atoms with E-state index < -0.39 is 11.8 Å². The molecule has 0 saturated carbocycles. The van der Waals surface area contributed by atoms with Crippen molar-refractivity contribution in [1.29, 1.82) is 0 Å². The van der Waals surface area contributed by atoms with Crippen molar-refractivity contribution in [1.82, 2.24) is 5.32 Å². The van der Waals surface area contributed by atoms with Crippen molar-refractivity contribution in [3.63, 3.8) is 0 Å². The van der Waals surface area contributed by atoms with Crippen LogP contribution in [0.5, 0.6) is 0 Å². The van der Waals surface area contributed by atoms with E-state index in [0.717, 1.165) is 15.3 Å². The predicted molar refractivity (Wildman–Crippen MR) is 88.9 cm³/mol. The van der Waals surface area contributed by atoms with Crippen molar-refractivity contribution in [3.05, 3.63) is 57.0 Å². The Labute approximate surface area is 138 Å². The number of hydrogen-bond donors (Lipinski definition) is 2. The first-order chi connectivity index (χ1) is 10.9. The number of benzene rings is 1. The molecule has 2 aromatic rings. The van der Waals surface area contributed by atoms with Gasteiger partial charge >= 0.3 is 0 Å². The van der Waals surface area contributed by atoms with Gasteiger partial charge in [-0.05, 0) is 44.0 Å². The van der Waals surface area contributed by atoms with E-state index in [1.165, 1.54) is 12.1 Å². The Hall–Kier alpha value is -2.21. The molecular formula is C17H19FN2O2S. The lowest BCUT2D eigenvalue weighted by Gasteiger charge is -2.14. The lowest BCUT2D eigenvalue weighted by Crippen LogP contribution is -2.37. The Kier molecular flexibility index (Phi) is 5.50. The topological polar surface area (TPSA) is 72.2 Å². The molecular weight excluding hydrogens is 315 g/mol. The van der Waals surface area contributed by atoms with Crippen LogP contribution >= 0.6 is 11.3 Å². The number of carbonyl (C=O) groups is 2. The molecule has 2 amide bonds. The Bertz CT molecular complexity index is 710. The van der Waals surface area contributed by atoms with E-state index in [1.54, 1.807) is 23.5 Å². The molecule has 23 heavy (non-hydrogen) atoms. The van der Waals surface area contributed by atoms with Gasteiger partial charge in [0.25, 0.3) is 5.91 Å². The average molecular weight is 334 g/mol. The predicted octanol–water partition coefficient (Wildman–Crippen LogP) is 2.58.